The highest BCUT2D eigenvalue weighted by molar-refractivity contribution is 8.00. The fourth-order valence-corrected chi connectivity index (χ4v) is 4.83. The smallest absolute Gasteiger partial charge is 0.239 e. The summed E-state index contributed by atoms with van der Waals surface area (Å²) in [6.45, 7) is 4.24. The van der Waals surface area contributed by atoms with Gasteiger partial charge in [-0.15, -0.1) is 0 Å². The summed E-state index contributed by atoms with van der Waals surface area (Å²) in [6.07, 6.45) is 6.83. The van der Waals surface area contributed by atoms with Crippen LogP contribution in [-0.2, 0) is 4.79 Å². The van der Waals surface area contributed by atoms with E-state index in [0.29, 0.717) is 4.75 Å². The summed E-state index contributed by atoms with van der Waals surface area (Å²) in [7, 11) is 3.71. The van der Waals surface area contributed by atoms with Crippen molar-refractivity contribution in [3.05, 3.63) is 0 Å². The van der Waals surface area contributed by atoms with E-state index in [0.717, 1.165) is 13.1 Å². The number of nitrogens with zero attached hydrogens (tertiary/aromatic N) is 2. The number of carbonyl (C=O) groups excluding carboxylic acids is 1. The molecule has 104 valence electrons. The Bertz CT molecular complexity index is 295. The Labute approximate surface area is 115 Å². The molecule has 1 aliphatic heterocycles. The average molecular weight is 270 g/mol. The van der Waals surface area contributed by atoms with Crippen LogP contribution in [0.3, 0.4) is 0 Å². The molecular weight excluding hydrogens is 244 g/mol. The van der Waals surface area contributed by atoms with Crippen LogP contribution in [0.4, 0.5) is 0 Å². The monoisotopic (exact) mass is 270 g/mol. The molecule has 1 unspecified atom stereocenters. The van der Waals surface area contributed by atoms with Crippen molar-refractivity contribution < 1.29 is 4.79 Å². The first-order chi connectivity index (χ1) is 8.54. The van der Waals surface area contributed by atoms with Gasteiger partial charge in [-0.3, -0.25) is 9.69 Å². The van der Waals surface area contributed by atoms with E-state index in [9.17, 15) is 4.79 Å². The topological polar surface area (TPSA) is 23.6 Å². The normalized spacial score (nSPS) is 25.9. The fraction of sp³-hybridized carbons (Fsp3) is 0.929. The van der Waals surface area contributed by atoms with Crippen LogP contribution in [0.2, 0.25) is 0 Å². The van der Waals surface area contributed by atoms with Gasteiger partial charge < -0.3 is 4.90 Å². The average Bonchev–Trinajstić information content (AvgIpc) is 2.38. The molecule has 18 heavy (non-hydrogen) atoms. The van der Waals surface area contributed by atoms with Gasteiger partial charge in [-0.2, -0.15) is 11.8 Å². The highest BCUT2D eigenvalue weighted by Crippen LogP contribution is 2.43. The van der Waals surface area contributed by atoms with Gasteiger partial charge in [0.1, 0.15) is 0 Å². The maximum atomic E-state index is 12.1. The molecule has 0 radical (unpaired) electrons. The molecule has 2 aliphatic rings. The third-order valence-corrected chi connectivity index (χ3v) is 5.93. The van der Waals surface area contributed by atoms with Gasteiger partial charge in [-0.25, -0.2) is 0 Å². The Kier molecular flexibility index (Phi) is 4.59. The van der Waals surface area contributed by atoms with Crippen LogP contribution in [0.25, 0.3) is 0 Å². The van der Waals surface area contributed by atoms with Gasteiger partial charge in [0.05, 0.1) is 6.04 Å². The summed E-state index contributed by atoms with van der Waals surface area (Å²) in [4.78, 5) is 16.2. The van der Waals surface area contributed by atoms with Crippen molar-refractivity contribution in [3.63, 3.8) is 0 Å². The minimum Gasteiger partial charge on any atom is -0.347 e. The predicted molar refractivity (Wildman–Crippen MR) is 78.0 cm³/mol. The summed E-state index contributed by atoms with van der Waals surface area (Å²) in [5.74, 6) is 1.43. The molecule has 0 aromatic carbocycles. The van der Waals surface area contributed by atoms with E-state index in [1.54, 1.807) is 4.90 Å². The Balaban J connectivity index is 1.99. The van der Waals surface area contributed by atoms with E-state index in [2.05, 4.69) is 23.6 Å². The second-order valence-electron chi connectivity index (χ2n) is 5.97. The molecule has 1 saturated heterocycles. The summed E-state index contributed by atoms with van der Waals surface area (Å²) >= 11 is 2.16. The first-order valence-corrected chi connectivity index (χ1v) is 8.12. The molecule has 0 aromatic rings. The van der Waals surface area contributed by atoms with Crippen molar-refractivity contribution in [2.24, 2.45) is 0 Å². The number of hydrogen-bond donors (Lipinski definition) is 0. The van der Waals surface area contributed by atoms with Gasteiger partial charge in [0, 0.05) is 37.7 Å². The van der Waals surface area contributed by atoms with Crippen molar-refractivity contribution in [2.75, 3.05) is 32.9 Å². The molecule has 0 aromatic heterocycles. The second kappa shape index (κ2) is 5.83. The fourth-order valence-electron chi connectivity index (χ4n) is 3.23. The molecule has 1 spiro atoms. The molecule has 1 amide bonds. The zero-order chi connectivity index (χ0) is 13.2. The van der Waals surface area contributed by atoms with Crippen LogP contribution >= 0.6 is 11.8 Å². The first kappa shape index (κ1) is 14.2. The van der Waals surface area contributed by atoms with Gasteiger partial charge in [0.15, 0.2) is 0 Å². The van der Waals surface area contributed by atoms with Gasteiger partial charge in [-0.1, -0.05) is 19.3 Å². The second-order valence-corrected chi connectivity index (χ2v) is 7.53. The lowest BCUT2D eigenvalue weighted by Gasteiger charge is -2.46. The Morgan fingerprint density at radius 3 is 2.56 bits per heavy atom. The van der Waals surface area contributed by atoms with E-state index in [1.807, 2.05) is 14.1 Å². The molecular formula is C14H26N2OS. The lowest BCUT2D eigenvalue weighted by atomic mass is 9.87. The predicted octanol–water partition coefficient (Wildman–Crippen LogP) is 2.21. The Morgan fingerprint density at radius 2 is 1.94 bits per heavy atom. The van der Waals surface area contributed by atoms with Crippen LogP contribution in [0.1, 0.15) is 39.0 Å². The van der Waals surface area contributed by atoms with Gasteiger partial charge in [0.25, 0.3) is 0 Å². The highest BCUT2D eigenvalue weighted by Gasteiger charge is 2.39. The van der Waals surface area contributed by atoms with E-state index < -0.39 is 0 Å². The maximum Gasteiger partial charge on any atom is 0.239 e. The van der Waals surface area contributed by atoms with Crippen LogP contribution in [0.5, 0.6) is 0 Å². The Morgan fingerprint density at radius 1 is 1.28 bits per heavy atom. The van der Waals surface area contributed by atoms with Crippen molar-refractivity contribution >= 4 is 17.7 Å². The molecule has 4 heteroatoms. The summed E-state index contributed by atoms with van der Waals surface area (Å²) in [5, 5.41) is 0. The third-order valence-electron chi connectivity index (χ3n) is 4.39. The standard InChI is InChI=1S/C14H26N2OS/c1-12(13(17)15(2)3)16-9-10-18-14(11-16)7-5-4-6-8-14/h12H,4-11H2,1-3H3. The molecule has 2 fully saturated rings. The molecule has 0 bridgehead atoms. The molecule has 0 N–H and O–H groups in total. The molecule has 1 heterocycles. The minimum atomic E-state index is 0.0414. The summed E-state index contributed by atoms with van der Waals surface area (Å²) in [6, 6.07) is 0.0414. The lowest BCUT2D eigenvalue weighted by molar-refractivity contribution is -0.134. The largest absolute Gasteiger partial charge is 0.347 e. The lowest BCUT2D eigenvalue weighted by Crippen LogP contribution is -2.54. The van der Waals surface area contributed by atoms with Crippen molar-refractivity contribution in [1.29, 1.82) is 0 Å². The van der Waals surface area contributed by atoms with Gasteiger partial charge in [0.2, 0.25) is 5.91 Å². The number of carbonyl (C=O) groups is 1. The van der Waals surface area contributed by atoms with Crippen molar-refractivity contribution in [1.82, 2.24) is 9.80 Å². The maximum absolute atomic E-state index is 12.1. The summed E-state index contributed by atoms with van der Waals surface area (Å²) in [5.41, 5.74) is 0. The van der Waals surface area contributed by atoms with Crippen molar-refractivity contribution in [3.8, 4) is 0 Å². The van der Waals surface area contributed by atoms with E-state index >= 15 is 0 Å². The van der Waals surface area contributed by atoms with Crippen LogP contribution in [-0.4, -0.2) is 59.4 Å². The highest BCUT2D eigenvalue weighted by atomic mass is 32.2. The van der Waals surface area contributed by atoms with Crippen molar-refractivity contribution in [2.45, 2.75) is 49.8 Å². The minimum absolute atomic E-state index is 0.0414. The number of hydrogen-bond acceptors (Lipinski definition) is 3. The number of likely N-dealkylation sites (N-methyl/N-ethyl adjacent to an activating group) is 1. The van der Waals surface area contributed by atoms with Crippen LogP contribution in [0, 0.1) is 0 Å². The number of amides is 1. The van der Waals surface area contributed by atoms with E-state index in [1.165, 1.54) is 37.9 Å². The number of thioether (sulfide) groups is 1. The van der Waals surface area contributed by atoms with E-state index in [4.69, 9.17) is 0 Å². The molecule has 1 saturated carbocycles. The molecule has 2 rings (SSSR count). The van der Waals surface area contributed by atoms with Crippen LogP contribution < -0.4 is 0 Å². The van der Waals surface area contributed by atoms with Crippen LogP contribution in [0.15, 0.2) is 0 Å². The quantitative estimate of drug-likeness (QED) is 0.768. The molecule has 1 atom stereocenters. The molecule has 3 nitrogen and oxygen atoms in total. The Hall–Kier alpha value is -0.220. The van der Waals surface area contributed by atoms with Gasteiger partial charge >= 0.3 is 0 Å². The number of rotatable bonds is 2. The first-order valence-electron chi connectivity index (χ1n) is 7.13. The van der Waals surface area contributed by atoms with E-state index in [-0.39, 0.29) is 11.9 Å². The third kappa shape index (κ3) is 3.02. The van der Waals surface area contributed by atoms with Gasteiger partial charge in [-0.05, 0) is 19.8 Å². The zero-order valence-electron chi connectivity index (χ0n) is 11.9. The molecule has 1 aliphatic carbocycles. The zero-order valence-corrected chi connectivity index (χ0v) is 12.8. The summed E-state index contributed by atoms with van der Waals surface area (Å²) < 4.78 is 0.456. The SMILES string of the molecule is CC(C(=O)N(C)C)N1CCSC2(CCCCC2)C1.